The number of pyridine rings is 1. The Hall–Kier alpha value is -3.22. The Morgan fingerprint density at radius 1 is 1.11 bits per heavy atom. The second-order valence-electron chi connectivity index (χ2n) is 6.39. The quantitative estimate of drug-likeness (QED) is 0.708. The maximum absolute atomic E-state index is 12.9. The maximum atomic E-state index is 12.9. The number of rotatable bonds is 4. The number of aromatic nitrogens is 3. The van der Waals surface area contributed by atoms with Crippen molar-refractivity contribution in [3.8, 4) is 11.8 Å². The number of ether oxygens (including phenoxy) is 2. The van der Waals surface area contributed by atoms with Crippen molar-refractivity contribution < 1.29 is 14.3 Å². The van der Waals surface area contributed by atoms with Gasteiger partial charge in [0.2, 0.25) is 0 Å². The van der Waals surface area contributed by atoms with Crippen LogP contribution < -0.4 is 9.47 Å². The van der Waals surface area contributed by atoms with E-state index < -0.39 is 0 Å². The molecule has 0 radical (unpaired) electrons. The lowest BCUT2D eigenvalue weighted by Gasteiger charge is -2.32. The van der Waals surface area contributed by atoms with Crippen LogP contribution in [0.15, 0.2) is 48.8 Å². The number of likely N-dealkylation sites (tertiary alicyclic amines) is 1. The van der Waals surface area contributed by atoms with Gasteiger partial charge < -0.3 is 14.4 Å². The molecule has 3 aromatic rings. The zero-order valence-electron chi connectivity index (χ0n) is 15.0. The van der Waals surface area contributed by atoms with Crippen LogP contribution in [0.5, 0.6) is 11.8 Å². The molecule has 0 aliphatic carbocycles. The highest BCUT2D eigenvalue weighted by Crippen LogP contribution is 2.24. The van der Waals surface area contributed by atoms with Gasteiger partial charge in [0.15, 0.2) is 0 Å². The highest BCUT2D eigenvalue weighted by atomic mass is 16.5. The van der Waals surface area contributed by atoms with Gasteiger partial charge in [0, 0.05) is 24.3 Å². The number of carbonyl (C=O) groups is 1. The van der Waals surface area contributed by atoms with Gasteiger partial charge in [-0.3, -0.25) is 4.79 Å². The number of hydrogen-bond donors (Lipinski definition) is 0. The molecular weight excluding hydrogens is 344 g/mol. The number of carbonyl (C=O) groups excluding carboxylic acids is 1. The summed E-state index contributed by atoms with van der Waals surface area (Å²) in [7, 11) is 1.53. The zero-order chi connectivity index (χ0) is 18.6. The monoisotopic (exact) mass is 364 g/mol. The molecule has 2 aromatic heterocycles. The average molecular weight is 364 g/mol. The highest BCUT2D eigenvalue weighted by Gasteiger charge is 2.27. The topological polar surface area (TPSA) is 77.4 Å². The summed E-state index contributed by atoms with van der Waals surface area (Å²) in [5, 5.41) is 1.02. The molecule has 7 heteroatoms. The van der Waals surface area contributed by atoms with Crippen molar-refractivity contribution in [2.45, 2.75) is 18.9 Å². The summed E-state index contributed by atoms with van der Waals surface area (Å²) >= 11 is 0. The van der Waals surface area contributed by atoms with Gasteiger partial charge in [0.1, 0.15) is 11.8 Å². The normalized spacial score (nSPS) is 16.9. The molecule has 0 spiro atoms. The zero-order valence-corrected chi connectivity index (χ0v) is 15.0. The van der Waals surface area contributed by atoms with Crippen molar-refractivity contribution in [1.29, 1.82) is 0 Å². The lowest BCUT2D eigenvalue weighted by atomic mass is 10.1. The minimum Gasteiger partial charge on any atom is -0.477 e. The fourth-order valence-electron chi connectivity index (χ4n) is 3.26. The largest absolute Gasteiger partial charge is 0.477 e. The molecule has 138 valence electrons. The Bertz CT molecular complexity index is 963. The minimum absolute atomic E-state index is 0.0832. The number of nitrogens with zero attached hydrogens (tertiary/aromatic N) is 4. The third kappa shape index (κ3) is 3.67. The number of methoxy groups -OCH3 is 1. The predicted octanol–water partition coefficient (Wildman–Crippen LogP) is 2.72. The van der Waals surface area contributed by atoms with Crippen molar-refractivity contribution in [3.05, 3.63) is 54.5 Å². The summed E-state index contributed by atoms with van der Waals surface area (Å²) in [6, 6.07) is 11.5. The second-order valence-corrected chi connectivity index (χ2v) is 6.39. The molecule has 3 heterocycles. The van der Waals surface area contributed by atoms with Gasteiger partial charge in [-0.2, -0.15) is 0 Å². The van der Waals surface area contributed by atoms with Crippen LogP contribution in [0.25, 0.3) is 10.9 Å². The van der Waals surface area contributed by atoms with E-state index in [2.05, 4.69) is 15.0 Å². The molecule has 0 bridgehead atoms. The Labute approximate surface area is 157 Å². The first-order chi connectivity index (χ1) is 13.2. The Morgan fingerprint density at radius 3 is 2.78 bits per heavy atom. The predicted molar refractivity (Wildman–Crippen MR) is 99.9 cm³/mol. The summed E-state index contributed by atoms with van der Waals surface area (Å²) in [6.45, 7) is 1.16. The molecule has 1 saturated heterocycles. The van der Waals surface area contributed by atoms with Crippen LogP contribution in [0.2, 0.25) is 0 Å². The molecule has 7 nitrogen and oxygen atoms in total. The molecule has 27 heavy (non-hydrogen) atoms. The van der Waals surface area contributed by atoms with Crippen LogP contribution in [0, 0.1) is 0 Å². The third-order valence-electron chi connectivity index (χ3n) is 4.59. The van der Waals surface area contributed by atoms with E-state index in [0.29, 0.717) is 30.5 Å². The smallest absolute Gasteiger partial charge is 0.278 e. The van der Waals surface area contributed by atoms with Crippen LogP contribution in [-0.4, -0.2) is 52.1 Å². The van der Waals surface area contributed by atoms with Crippen LogP contribution in [0.4, 0.5) is 0 Å². The summed E-state index contributed by atoms with van der Waals surface area (Å²) in [6.07, 6.45) is 4.64. The molecule has 0 saturated carbocycles. The van der Waals surface area contributed by atoms with E-state index in [0.717, 1.165) is 23.7 Å². The van der Waals surface area contributed by atoms with E-state index in [9.17, 15) is 4.79 Å². The molecule has 1 aromatic carbocycles. The van der Waals surface area contributed by atoms with Crippen LogP contribution in [0.1, 0.15) is 23.3 Å². The molecule has 1 aliphatic rings. The minimum atomic E-state index is -0.159. The second kappa shape index (κ2) is 7.57. The SMILES string of the molecule is COc1nccnc1OC1CCCN(C(=O)c2ccc3ccccc3n2)C1. The van der Waals surface area contributed by atoms with Gasteiger partial charge in [-0.25, -0.2) is 15.0 Å². The van der Waals surface area contributed by atoms with Crippen molar-refractivity contribution in [2.24, 2.45) is 0 Å². The summed E-state index contributed by atoms with van der Waals surface area (Å²) in [4.78, 5) is 27.5. The number of hydrogen-bond acceptors (Lipinski definition) is 6. The third-order valence-corrected chi connectivity index (χ3v) is 4.59. The molecule has 1 fully saturated rings. The lowest BCUT2D eigenvalue weighted by molar-refractivity contribution is 0.0514. The first-order valence-electron chi connectivity index (χ1n) is 8.91. The van der Waals surface area contributed by atoms with Crippen LogP contribution in [0.3, 0.4) is 0 Å². The first-order valence-corrected chi connectivity index (χ1v) is 8.91. The molecule has 1 unspecified atom stereocenters. The molecule has 0 N–H and O–H groups in total. The summed E-state index contributed by atoms with van der Waals surface area (Å²) < 4.78 is 11.1. The first kappa shape index (κ1) is 17.2. The van der Waals surface area contributed by atoms with Gasteiger partial charge in [-0.05, 0) is 25.0 Å². The van der Waals surface area contributed by atoms with Gasteiger partial charge in [-0.15, -0.1) is 0 Å². The Balaban J connectivity index is 1.49. The average Bonchev–Trinajstić information content (AvgIpc) is 2.73. The Kier molecular flexibility index (Phi) is 4.82. The number of fused-ring (bicyclic) bond motifs is 1. The van der Waals surface area contributed by atoms with E-state index in [1.54, 1.807) is 23.4 Å². The number of piperidine rings is 1. The number of para-hydroxylation sites is 1. The molecule has 1 aliphatic heterocycles. The van der Waals surface area contributed by atoms with Crippen molar-refractivity contribution in [1.82, 2.24) is 19.9 Å². The van der Waals surface area contributed by atoms with E-state index >= 15 is 0 Å². The fraction of sp³-hybridized carbons (Fsp3) is 0.300. The molecule has 1 amide bonds. The molecule has 4 rings (SSSR count). The Morgan fingerprint density at radius 2 is 1.93 bits per heavy atom. The number of benzene rings is 1. The fourth-order valence-corrected chi connectivity index (χ4v) is 3.26. The van der Waals surface area contributed by atoms with Crippen molar-refractivity contribution in [2.75, 3.05) is 20.2 Å². The van der Waals surface area contributed by atoms with E-state index in [-0.39, 0.29) is 12.0 Å². The summed E-state index contributed by atoms with van der Waals surface area (Å²) in [5.41, 5.74) is 1.27. The van der Waals surface area contributed by atoms with Crippen molar-refractivity contribution >= 4 is 16.8 Å². The summed E-state index contributed by atoms with van der Waals surface area (Å²) in [5.74, 6) is 0.612. The van der Waals surface area contributed by atoms with E-state index in [1.165, 1.54) is 7.11 Å². The molecular formula is C20H20N4O3. The van der Waals surface area contributed by atoms with Crippen LogP contribution >= 0.6 is 0 Å². The lowest BCUT2D eigenvalue weighted by Crippen LogP contribution is -2.44. The van der Waals surface area contributed by atoms with E-state index in [4.69, 9.17) is 9.47 Å². The van der Waals surface area contributed by atoms with Crippen molar-refractivity contribution in [3.63, 3.8) is 0 Å². The molecule has 1 atom stereocenters. The van der Waals surface area contributed by atoms with E-state index in [1.807, 2.05) is 30.3 Å². The van der Waals surface area contributed by atoms with Gasteiger partial charge in [-0.1, -0.05) is 24.3 Å². The van der Waals surface area contributed by atoms with Gasteiger partial charge in [0.25, 0.3) is 17.7 Å². The number of amides is 1. The van der Waals surface area contributed by atoms with Gasteiger partial charge in [0.05, 0.1) is 19.2 Å². The van der Waals surface area contributed by atoms with Crippen LogP contribution in [-0.2, 0) is 0 Å². The maximum Gasteiger partial charge on any atom is 0.278 e. The van der Waals surface area contributed by atoms with Gasteiger partial charge >= 0.3 is 0 Å². The standard InChI is InChI=1S/C20H20N4O3/c1-26-18-19(22-11-10-21-18)27-15-6-4-12-24(13-15)20(25)17-9-8-14-5-2-3-7-16(14)23-17/h2-3,5,7-11,15H,4,6,12-13H2,1H3. The highest BCUT2D eigenvalue weighted by molar-refractivity contribution is 5.95.